The minimum absolute atomic E-state index is 0.0582. The van der Waals surface area contributed by atoms with E-state index in [-0.39, 0.29) is 24.6 Å². The number of aryl methyl sites for hydroxylation is 1. The van der Waals surface area contributed by atoms with Gasteiger partial charge < -0.3 is 19.3 Å². The number of likely N-dealkylation sites (tertiary alicyclic amines) is 1. The predicted octanol–water partition coefficient (Wildman–Crippen LogP) is 2.11. The second-order valence-electron chi connectivity index (χ2n) is 7.72. The molecule has 3 amide bonds. The SMILES string of the molecule is COc1ccc(N2CCN(CC(=O)N3CCCC(Oc4ccnc(C)n4)C3)C2=O)cc1. The number of hydrogen-bond donors (Lipinski definition) is 0. The second-order valence-corrected chi connectivity index (χ2v) is 7.72. The Balaban J connectivity index is 1.32. The third-order valence-electron chi connectivity index (χ3n) is 5.57. The Hall–Kier alpha value is -3.36. The molecule has 1 atom stereocenters. The number of methoxy groups -OCH3 is 1. The van der Waals surface area contributed by atoms with E-state index in [0.29, 0.717) is 37.9 Å². The fourth-order valence-corrected chi connectivity index (χ4v) is 3.93. The number of nitrogens with zero attached hydrogens (tertiary/aromatic N) is 5. The number of rotatable bonds is 6. The van der Waals surface area contributed by atoms with Gasteiger partial charge in [-0.25, -0.2) is 9.78 Å². The Labute approximate surface area is 181 Å². The smallest absolute Gasteiger partial charge is 0.325 e. The first kappa shape index (κ1) is 20.9. The van der Waals surface area contributed by atoms with Crippen LogP contribution >= 0.6 is 0 Å². The highest BCUT2D eigenvalue weighted by molar-refractivity contribution is 5.96. The summed E-state index contributed by atoms with van der Waals surface area (Å²) in [4.78, 5) is 39.1. The van der Waals surface area contributed by atoms with Gasteiger partial charge in [0.2, 0.25) is 11.8 Å². The van der Waals surface area contributed by atoms with E-state index in [1.807, 2.05) is 31.2 Å². The lowest BCUT2D eigenvalue weighted by Crippen LogP contribution is -2.48. The number of piperidine rings is 1. The Kier molecular flexibility index (Phi) is 6.20. The average Bonchev–Trinajstić information content (AvgIpc) is 3.14. The fraction of sp³-hybridized carbons (Fsp3) is 0.455. The van der Waals surface area contributed by atoms with Crippen molar-refractivity contribution in [2.24, 2.45) is 0 Å². The molecule has 4 rings (SSSR count). The maximum atomic E-state index is 12.9. The molecule has 31 heavy (non-hydrogen) atoms. The van der Waals surface area contributed by atoms with Crippen molar-refractivity contribution in [3.63, 3.8) is 0 Å². The first-order chi connectivity index (χ1) is 15.0. The molecule has 0 aliphatic carbocycles. The summed E-state index contributed by atoms with van der Waals surface area (Å²) in [6.45, 7) is 4.12. The maximum absolute atomic E-state index is 12.9. The topological polar surface area (TPSA) is 88.1 Å². The number of carbonyl (C=O) groups excluding carboxylic acids is 2. The summed E-state index contributed by atoms with van der Waals surface area (Å²) < 4.78 is 11.1. The van der Waals surface area contributed by atoms with Crippen molar-refractivity contribution in [2.45, 2.75) is 25.9 Å². The van der Waals surface area contributed by atoms with Gasteiger partial charge in [0.05, 0.1) is 13.7 Å². The van der Waals surface area contributed by atoms with Crippen LogP contribution in [-0.4, -0.2) is 77.6 Å². The van der Waals surface area contributed by atoms with Crippen LogP contribution in [0.15, 0.2) is 36.5 Å². The number of benzene rings is 1. The fourth-order valence-electron chi connectivity index (χ4n) is 3.93. The monoisotopic (exact) mass is 425 g/mol. The molecule has 0 radical (unpaired) electrons. The molecule has 1 aromatic heterocycles. The molecule has 2 aliphatic rings. The third kappa shape index (κ3) is 4.87. The molecule has 9 heteroatoms. The molecule has 2 aromatic rings. The van der Waals surface area contributed by atoms with Gasteiger partial charge in [-0.1, -0.05) is 0 Å². The molecule has 164 valence electrons. The lowest BCUT2D eigenvalue weighted by atomic mass is 10.1. The van der Waals surface area contributed by atoms with Crippen LogP contribution in [0.5, 0.6) is 11.6 Å². The molecule has 2 fully saturated rings. The van der Waals surface area contributed by atoms with Gasteiger partial charge in [-0.05, 0) is 44.0 Å². The van der Waals surface area contributed by atoms with Crippen LogP contribution in [0, 0.1) is 6.92 Å². The zero-order chi connectivity index (χ0) is 21.8. The molecule has 3 heterocycles. The number of aromatic nitrogens is 2. The summed E-state index contributed by atoms with van der Waals surface area (Å²) in [6, 6.07) is 8.92. The van der Waals surface area contributed by atoms with Gasteiger partial charge in [0.15, 0.2) is 0 Å². The van der Waals surface area contributed by atoms with Gasteiger partial charge in [-0.2, -0.15) is 4.98 Å². The van der Waals surface area contributed by atoms with Gasteiger partial charge in [0, 0.05) is 37.6 Å². The molecule has 9 nitrogen and oxygen atoms in total. The van der Waals surface area contributed by atoms with Crippen LogP contribution in [0.25, 0.3) is 0 Å². The summed E-state index contributed by atoms with van der Waals surface area (Å²) in [7, 11) is 1.61. The Morgan fingerprint density at radius 2 is 1.97 bits per heavy atom. The predicted molar refractivity (Wildman–Crippen MR) is 114 cm³/mol. The molecule has 2 saturated heterocycles. The number of carbonyl (C=O) groups is 2. The number of ether oxygens (including phenoxy) is 2. The summed E-state index contributed by atoms with van der Waals surface area (Å²) >= 11 is 0. The third-order valence-corrected chi connectivity index (χ3v) is 5.57. The molecule has 0 bridgehead atoms. The van der Waals surface area contributed by atoms with E-state index in [4.69, 9.17) is 9.47 Å². The summed E-state index contributed by atoms with van der Waals surface area (Å²) in [5.41, 5.74) is 0.798. The molecular formula is C22H27N5O4. The van der Waals surface area contributed by atoms with Crippen molar-refractivity contribution in [1.82, 2.24) is 19.8 Å². The van der Waals surface area contributed by atoms with E-state index in [2.05, 4.69) is 9.97 Å². The van der Waals surface area contributed by atoms with Gasteiger partial charge in [-0.3, -0.25) is 9.69 Å². The minimum Gasteiger partial charge on any atom is -0.497 e. The highest BCUT2D eigenvalue weighted by atomic mass is 16.5. The largest absolute Gasteiger partial charge is 0.497 e. The number of hydrogen-bond acceptors (Lipinski definition) is 6. The first-order valence-corrected chi connectivity index (χ1v) is 10.5. The van der Waals surface area contributed by atoms with Crippen LogP contribution in [0.4, 0.5) is 10.5 Å². The van der Waals surface area contributed by atoms with E-state index in [1.165, 1.54) is 0 Å². The van der Waals surface area contributed by atoms with Gasteiger partial charge in [0.25, 0.3) is 0 Å². The summed E-state index contributed by atoms with van der Waals surface area (Å²) in [5.74, 6) is 1.85. The van der Waals surface area contributed by atoms with Crippen molar-refractivity contribution < 1.29 is 19.1 Å². The average molecular weight is 425 g/mol. The van der Waals surface area contributed by atoms with E-state index in [0.717, 1.165) is 24.3 Å². The Morgan fingerprint density at radius 3 is 2.71 bits per heavy atom. The lowest BCUT2D eigenvalue weighted by Gasteiger charge is -2.33. The van der Waals surface area contributed by atoms with Gasteiger partial charge in [-0.15, -0.1) is 0 Å². The molecule has 0 saturated carbocycles. The molecule has 0 N–H and O–H groups in total. The number of anilines is 1. The minimum atomic E-state index is -0.153. The Bertz CT molecular complexity index is 936. The van der Waals surface area contributed by atoms with E-state index >= 15 is 0 Å². The van der Waals surface area contributed by atoms with Crippen molar-refractivity contribution in [3.8, 4) is 11.6 Å². The summed E-state index contributed by atoms with van der Waals surface area (Å²) in [5, 5.41) is 0. The highest BCUT2D eigenvalue weighted by Gasteiger charge is 2.33. The maximum Gasteiger partial charge on any atom is 0.325 e. The second kappa shape index (κ2) is 9.20. The quantitative estimate of drug-likeness (QED) is 0.704. The molecule has 2 aliphatic heterocycles. The highest BCUT2D eigenvalue weighted by Crippen LogP contribution is 2.23. The van der Waals surface area contributed by atoms with Crippen molar-refractivity contribution in [2.75, 3.05) is 44.7 Å². The number of amides is 3. The van der Waals surface area contributed by atoms with E-state index in [9.17, 15) is 9.59 Å². The van der Waals surface area contributed by atoms with Crippen LogP contribution < -0.4 is 14.4 Å². The Morgan fingerprint density at radius 1 is 1.16 bits per heavy atom. The van der Waals surface area contributed by atoms with Crippen LogP contribution in [0.3, 0.4) is 0 Å². The van der Waals surface area contributed by atoms with E-state index in [1.54, 1.807) is 34.1 Å². The molecule has 0 spiro atoms. The standard InChI is InChI=1S/C22H27N5O4/c1-16-23-10-9-20(24-16)31-19-4-3-11-25(14-19)21(28)15-26-12-13-27(22(26)29)17-5-7-18(30-2)8-6-17/h5-10,19H,3-4,11-15H2,1-2H3. The lowest BCUT2D eigenvalue weighted by molar-refractivity contribution is -0.134. The molecular weight excluding hydrogens is 398 g/mol. The van der Waals surface area contributed by atoms with Crippen LogP contribution in [0.2, 0.25) is 0 Å². The molecule has 1 aromatic carbocycles. The normalized spacial score (nSPS) is 19.0. The van der Waals surface area contributed by atoms with Crippen molar-refractivity contribution in [1.29, 1.82) is 0 Å². The van der Waals surface area contributed by atoms with Gasteiger partial charge >= 0.3 is 6.03 Å². The van der Waals surface area contributed by atoms with Crippen LogP contribution in [-0.2, 0) is 4.79 Å². The molecule has 1 unspecified atom stereocenters. The van der Waals surface area contributed by atoms with Crippen molar-refractivity contribution in [3.05, 3.63) is 42.4 Å². The summed E-state index contributed by atoms with van der Waals surface area (Å²) in [6.07, 6.45) is 3.27. The first-order valence-electron chi connectivity index (χ1n) is 10.5. The zero-order valence-corrected chi connectivity index (χ0v) is 17.9. The van der Waals surface area contributed by atoms with Gasteiger partial charge in [0.1, 0.15) is 24.2 Å². The zero-order valence-electron chi connectivity index (χ0n) is 17.9. The van der Waals surface area contributed by atoms with Crippen molar-refractivity contribution >= 4 is 17.6 Å². The van der Waals surface area contributed by atoms with E-state index < -0.39 is 0 Å². The number of urea groups is 1. The van der Waals surface area contributed by atoms with Crippen LogP contribution in [0.1, 0.15) is 18.7 Å².